The standard InChI is InChI=1S/C13H18N2O3/c16-7-9-3-1-2-4-11(9)15-13(18)12-6-5-10(8-17)14-12/h5-6,8-9,11,14,16H,1-4,7H2,(H,15,18). The summed E-state index contributed by atoms with van der Waals surface area (Å²) in [4.78, 5) is 25.2. The quantitative estimate of drug-likeness (QED) is 0.700. The second-order valence-corrected chi connectivity index (χ2v) is 4.75. The number of aldehydes is 1. The first-order valence-corrected chi connectivity index (χ1v) is 6.30. The summed E-state index contributed by atoms with van der Waals surface area (Å²) in [5, 5.41) is 12.2. The number of hydrogen-bond donors (Lipinski definition) is 3. The number of aliphatic hydroxyl groups excluding tert-OH is 1. The molecular weight excluding hydrogens is 232 g/mol. The fourth-order valence-corrected chi connectivity index (χ4v) is 2.48. The highest BCUT2D eigenvalue weighted by Gasteiger charge is 2.26. The maximum Gasteiger partial charge on any atom is 0.267 e. The van der Waals surface area contributed by atoms with E-state index in [0.717, 1.165) is 25.7 Å². The zero-order valence-electron chi connectivity index (χ0n) is 10.2. The topological polar surface area (TPSA) is 82.2 Å². The van der Waals surface area contributed by atoms with Gasteiger partial charge in [0.1, 0.15) is 5.69 Å². The van der Waals surface area contributed by atoms with Crippen molar-refractivity contribution in [3.8, 4) is 0 Å². The van der Waals surface area contributed by atoms with Gasteiger partial charge in [-0.1, -0.05) is 12.8 Å². The van der Waals surface area contributed by atoms with Gasteiger partial charge in [0.05, 0.1) is 5.69 Å². The largest absolute Gasteiger partial charge is 0.396 e. The number of carbonyl (C=O) groups is 2. The van der Waals surface area contributed by atoms with Gasteiger partial charge >= 0.3 is 0 Å². The number of hydrogen-bond acceptors (Lipinski definition) is 3. The first-order valence-electron chi connectivity index (χ1n) is 6.30. The molecule has 18 heavy (non-hydrogen) atoms. The van der Waals surface area contributed by atoms with Crippen molar-refractivity contribution in [2.24, 2.45) is 5.92 Å². The fourth-order valence-electron chi connectivity index (χ4n) is 2.48. The minimum atomic E-state index is -0.214. The average molecular weight is 250 g/mol. The Labute approximate surface area is 106 Å². The molecule has 0 spiro atoms. The van der Waals surface area contributed by atoms with E-state index in [2.05, 4.69) is 10.3 Å². The van der Waals surface area contributed by atoms with Gasteiger partial charge in [0, 0.05) is 18.6 Å². The van der Waals surface area contributed by atoms with Crippen LogP contribution in [0.3, 0.4) is 0 Å². The Morgan fingerprint density at radius 1 is 1.44 bits per heavy atom. The van der Waals surface area contributed by atoms with Gasteiger partial charge in [0.25, 0.3) is 5.91 Å². The van der Waals surface area contributed by atoms with Crippen LogP contribution in [0.5, 0.6) is 0 Å². The normalized spacial score (nSPS) is 23.6. The molecule has 1 amide bonds. The van der Waals surface area contributed by atoms with Gasteiger partial charge < -0.3 is 15.4 Å². The predicted molar refractivity (Wildman–Crippen MR) is 66.5 cm³/mol. The van der Waals surface area contributed by atoms with Crippen molar-refractivity contribution in [3.63, 3.8) is 0 Å². The minimum Gasteiger partial charge on any atom is -0.396 e. The van der Waals surface area contributed by atoms with Crippen molar-refractivity contribution in [1.29, 1.82) is 0 Å². The van der Waals surface area contributed by atoms with Crippen LogP contribution >= 0.6 is 0 Å². The van der Waals surface area contributed by atoms with Gasteiger partial charge in [0.15, 0.2) is 6.29 Å². The van der Waals surface area contributed by atoms with Crippen LogP contribution in [0, 0.1) is 5.92 Å². The Bertz CT molecular complexity index is 428. The Morgan fingerprint density at radius 2 is 2.22 bits per heavy atom. The second kappa shape index (κ2) is 5.82. The molecule has 98 valence electrons. The molecule has 0 saturated heterocycles. The molecule has 1 aromatic heterocycles. The van der Waals surface area contributed by atoms with E-state index >= 15 is 0 Å². The number of aromatic nitrogens is 1. The van der Waals surface area contributed by atoms with E-state index in [1.807, 2.05) is 0 Å². The Hall–Kier alpha value is -1.62. The number of H-pyrrole nitrogens is 1. The summed E-state index contributed by atoms with van der Waals surface area (Å²) < 4.78 is 0. The SMILES string of the molecule is O=Cc1ccc(C(=O)NC2CCCCC2CO)[nH]1. The van der Waals surface area contributed by atoms with Crippen LogP contribution in [-0.4, -0.2) is 34.9 Å². The summed E-state index contributed by atoms with van der Waals surface area (Å²) in [6.07, 6.45) is 4.71. The second-order valence-electron chi connectivity index (χ2n) is 4.75. The van der Waals surface area contributed by atoms with Gasteiger partial charge in [-0.3, -0.25) is 9.59 Å². The lowest BCUT2D eigenvalue weighted by Gasteiger charge is -2.30. The third-order valence-electron chi connectivity index (χ3n) is 3.54. The molecule has 5 heteroatoms. The van der Waals surface area contributed by atoms with E-state index in [9.17, 15) is 14.7 Å². The summed E-state index contributed by atoms with van der Waals surface area (Å²) >= 11 is 0. The van der Waals surface area contributed by atoms with Gasteiger partial charge in [0.2, 0.25) is 0 Å². The van der Waals surface area contributed by atoms with Crippen molar-refractivity contribution in [2.45, 2.75) is 31.7 Å². The number of aromatic amines is 1. The highest BCUT2D eigenvalue weighted by Crippen LogP contribution is 2.24. The molecule has 1 fully saturated rings. The Morgan fingerprint density at radius 3 is 2.89 bits per heavy atom. The number of aliphatic hydroxyl groups is 1. The molecule has 2 unspecified atom stereocenters. The number of nitrogens with one attached hydrogen (secondary N) is 2. The zero-order valence-corrected chi connectivity index (χ0v) is 10.2. The van der Waals surface area contributed by atoms with Crippen molar-refractivity contribution in [3.05, 3.63) is 23.5 Å². The van der Waals surface area contributed by atoms with Crippen molar-refractivity contribution in [2.75, 3.05) is 6.61 Å². The van der Waals surface area contributed by atoms with Crippen molar-refractivity contribution in [1.82, 2.24) is 10.3 Å². The van der Waals surface area contributed by atoms with Crippen molar-refractivity contribution < 1.29 is 14.7 Å². The summed E-state index contributed by atoms with van der Waals surface area (Å²) in [6, 6.07) is 3.20. The molecular formula is C13H18N2O3. The van der Waals surface area contributed by atoms with E-state index in [1.54, 1.807) is 12.1 Å². The van der Waals surface area contributed by atoms with Crippen molar-refractivity contribution >= 4 is 12.2 Å². The zero-order chi connectivity index (χ0) is 13.0. The molecule has 0 bridgehead atoms. The number of amides is 1. The third kappa shape index (κ3) is 2.79. The fraction of sp³-hybridized carbons (Fsp3) is 0.538. The van der Waals surface area contributed by atoms with Crippen LogP contribution in [0.4, 0.5) is 0 Å². The summed E-state index contributed by atoms with van der Waals surface area (Å²) in [5.74, 6) is -0.0725. The van der Waals surface area contributed by atoms with Crippen LogP contribution in [0.15, 0.2) is 12.1 Å². The molecule has 1 heterocycles. The van der Waals surface area contributed by atoms with Crippen LogP contribution in [0.1, 0.15) is 46.7 Å². The summed E-state index contributed by atoms with van der Waals surface area (Å²) in [5.41, 5.74) is 0.780. The van der Waals surface area contributed by atoms with Gasteiger partial charge in [-0.05, 0) is 25.0 Å². The molecule has 0 radical (unpaired) electrons. The third-order valence-corrected chi connectivity index (χ3v) is 3.54. The summed E-state index contributed by atoms with van der Waals surface area (Å²) in [6.45, 7) is 0.106. The first kappa shape index (κ1) is 12.8. The molecule has 1 aliphatic carbocycles. The lowest BCUT2D eigenvalue weighted by molar-refractivity contribution is 0.0868. The Kier molecular flexibility index (Phi) is 4.15. The van der Waals surface area contributed by atoms with E-state index in [4.69, 9.17) is 0 Å². The molecule has 0 aromatic carbocycles. The van der Waals surface area contributed by atoms with Crippen LogP contribution in [-0.2, 0) is 0 Å². The molecule has 0 aliphatic heterocycles. The molecule has 3 N–H and O–H groups in total. The maximum atomic E-state index is 12.0. The molecule has 1 saturated carbocycles. The minimum absolute atomic E-state index is 0.0271. The van der Waals surface area contributed by atoms with Crippen LogP contribution in [0.2, 0.25) is 0 Å². The van der Waals surface area contributed by atoms with E-state index in [-0.39, 0.29) is 24.5 Å². The van der Waals surface area contributed by atoms with E-state index in [1.165, 1.54) is 0 Å². The molecule has 2 rings (SSSR count). The van der Waals surface area contributed by atoms with E-state index in [0.29, 0.717) is 17.7 Å². The average Bonchev–Trinajstić information content (AvgIpc) is 2.88. The van der Waals surface area contributed by atoms with Gasteiger partial charge in [-0.2, -0.15) is 0 Å². The highest BCUT2D eigenvalue weighted by molar-refractivity contribution is 5.93. The van der Waals surface area contributed by atoms with Gasteiger partial charge in [-0.25, -0.2) is 0 Å². The molecule has 2 atom stereocenters. The monoisotopic (exact) mass is 250 g/mol. The number of carbonyl (C=O) groups excluding carboxylic acids is 2. The van der Waals surface area contributed by atoms with Gasteiger partial charge in [-0.15, -0.1) is 0 Å². The number of rotatable bonds is 4. The Balaban J connectivity index is 1.99. The summed E-state index contributed by atoms with van der Waals surface area (Å²) in [7, 11) is 0. The highest BCUT2D eigenvalue weighted by atomic mass is 16.3. The van der Waals surface area contributed by atoms with Crippen LogP contribution in [0.25, 0.3) is 0 Å². The first-order chi connectivity index (χ1) is 8.74. The lowest BCUT2D eigenvalue weighted by atomic mass is 9.85. The van der Waals surface area contributed by atoms with E-state index < -0.39 is 0 Å². The molecule has 1 aromatic rings. The molecule has 1 aliphatic rings. The molecule has 5 nitrogen and oxygen atoms in total. The van der Waals surface area contributed by atoms with Crippen LogP contribution < -0.4 is 5.32 Å². The maximum absolute atomic E-state index is 12.0. The predicted octanol–water partition coefficient (Wildman–Crippen LogP) is 1.11. The lowest BCUT2D eigenvalue weighted by Crippen LogP contribution is -2.43. The smallest absolute Gasteiger partial charge is 0.267 e.